The fourth-order valence-corrected chi connectivity index (χ4v) is 3.45. The fraction of sp³-hybridized carbons (Fsp3) is 0.706. The lowest BCUT2D eigenvalue weighted by Crippen LogP contribution is -2.57. The van der Waals surface area contributed by atoms with Crippen LogP contribution in [0.25, 0.3) is 0 Å². The van der Waals surface area contributed by atoms with E-state index in [4.69, 9.17) is 49.0 Å². The average Bonchev–Trinajstić information content (AvgIpc) is 2.86. The Kier molecular flexibility index (Phi) is 6.38. The minimum absolute atomic E-state index is 0.0444. The first kappa shape index (κ1) is 20.8. The number of hydrogen-bond acceptors (Lipinski definition) is 4. The Morgan fingerprint density at radius 3 is 2.72 bits per heavy atom. The predicted octanol–water partition coefficient (Wildman–Crippen LogP) is 4.52. The Balaban J connectivity index is 2.16. The largest absolute Gasteiger partial charge is 0.445 e. The molecule has 1 fully saturated rings. The van der Waals surface area contributed by atoms with Crippen molar-refractivity contribution >= 4 is 40.9 Å². The van der Waals surface area contributed by atoms with Gasteiger partial charge < -0.3 is 19.5 Å². The van der Waals surface area contributed by atoms with Crippen molar-refractivity contribution in [3.8, 4) is 0 Å². The number of halogens is 3. The maximum Gasteiger partial charge on any atom is 0.407 e. The van der Waals surface area contributed by atoms with Gasteiger partial charge in [0.2, 0.25) is 3.79 Å². The van der Waals surface area contributed by atoms with Gasteiger partial charge >= 0.3 is 6.09 Å². The molecule has 3 atom stereocenters. The first-order chi connectivity index (χ1) is 11.5. The number of carbonyl (C=O) groups excluding carboxylic acids is 1. The molecule has 0 aromatic heterocycles. The highest BCUT2D eigenvalue weighted by Gasteiger charge is 2.48. The lowest BCUT2D eigenvalue weighted by Gasteiger charge is -2.43. The van der Waals surface area contributed by atoms with Gasteiger partial charge in [-0.25, -0.2) is 4.79 Å². The van der Waals surface area contributed by atoms with Gasteiger partial charge in [-0.1, -0.05) is 52.5 Å². The molecule has 1 saturated heterocycles. The zero-order valence-corrected chi connectivity index (χ0v) is 16.9. The minimum atomic E-state index is -1.66. The zero-order valence-electron chi connectivity index (χ0n) is 14.6. The summed E-state index contributed by atoms with van der Waals surface area (Å²) in [7, 11) is 0. The van der Waals surface area contributed by atoms with Gasteiger partial charge in [-0.3, -0.25) is 0 Å². The fourth-order valence-electron chi connectivity index (χ4n) is 3.29. The molecule has 142 valence electrons. The first-order valence-corrected chi connectivity index (χ1v) is 9.22. The van der Waals surface area contributed by atoms with Gasteiger partial charge in [0.15, 0.2) is 5.79 Å². The van der Waals surface area contributed by atoms with E-state index < -0.39 is 21.2 Å². The molecule has 1 aliphatic carbocycles. The summed E-state index contributed by atoms with van der Waals surface area (Å²) in [6.45, 7) is 9.84. The topological polar surface area (TPSA) is 56.8 Å². The van der Waals surface area contributed by atoms with E-state index in [1.807, 2.05) is 13.8 Å². The third-order valence-electron chi connectivity index (χ3n) is 4.54. The van der Waals surface area contributed by atoms with Gasteiger partial charge in [0, 0.05) is 5.92 Å². The number of nitrogens with one attached hydrogen (secondary N) is 1. The molecule has 5 nitrogen and oxygen atoms in total. The van der Waals surface area contributed by atoms with E-state index in [2.05, 4.69) is 24.9 Å². The number of amides is 1. The van der Waals surface area contributed by atoms with Crippen molar-refractivity contribution in [2.24, 2.45) is 5.92 Å². The van der Waals surface area contributed by atoms with Crippen LogP contribution in [-0.2, 0) is 14.2 Å². The first-order valence-electron chi connectivity index (χ1n) is 8.09. The molecular weight excluding hydrogens is 389 g/mol. The summed E-state index contributed by atoms with van der Waals surface area (Å²) in [5.41, 5.74) is 0.505. The second kappa shape index (κ2) is 7.65. The highest BCUT2D eigenvalue weighted by atomic mass is 35.6. The lowest BCUT2D eigenvalue weighted by atomic mass is 9.71. The maximum absolute atomic E-state index is 12.2. The molecule has 8 heteroatoms. The van der Waals surface area contributed by atoms with Gasteiger partial charge in [0.05, 0.1) is 18.2 Å². The molecule has 0 spiro atoms. The van der Waals surface area contributed by atoms with Crippen LogP contribution in [0.15, 0.2) is 24.3 Å². The van der Waals surface area contributed by atoms with Crippen LogP contribution in [0.3, 0.4) is 0 Å². The van der Waals surface area contributed by atoms with E-state index in [-0.39, 0.29) is 18.6 Å². The molecule has 1 amide bonds. The highest BCUT2D eigenvalue weighted by Crippen LogP contribution is 2.41. The lowest BCUT2D eigenvalue weighted by molar-refractivity contribution is -0.147. The summed E-state index contributed by atoms with van der Waals surface area (Å²) in [6.07, 6.45) is 4.30. The molecule has 0 saturated carbocycles. The van der Waals surface area contributed by atoms with Crippen LogP contribution in [0.5, 0.6) is 0 Å². The van der Waals surface area contributed by atoms with Crippen molar-refractivity contribution < 1.29 is 19.0 Å². The van der Waals surface area contributed by atoms with Gasteiger partial charge in [-0.2, -0.15) is 0 Å². The summed E-state index contributed by atoms with van der Waals surface area (Å²) in [5.74, 6) is -0.695. The summed E-state index contributed by atoms with van der Waals surface area (Å²) in [4.78, 5) is 12.2. The molecule has 1 aliphatic heterocycles. The van der Waals surface area contributed by atoms with Crippen LogP contribution in [0.4, 0.5) is 4.79 Å². The smallest absolute Gasteiger partial charge is 0.407 e. The molecule has 1 N–H and O–H groups in total. The van der Waals surface area contributed by atoms with Crippen molar-refractivity contribution in [3.63, 3.8) is 0 Å². The van der Waals surface area contributed by atoms with Crippen LogP contribution in [0, 0.1) is 5.92 Å². The van der Waals surface area contributed by atoms with Gasteiger partial charge in [-0.15, -0.1) is 6.58 Å². The van der Waals surface area contributed by atoms with Crippen molar-refractivity contribution in [1.29, 1.82) is 0 Å². The van der Waals surface area contributed by atoms with E-state index in [1.165, 1.54) is 5.57 Å². The molecular formula is C17H24Cl3NO4. The molecule has 0 radical (unpaired) electrons. The second-order valence-electron chi connectivity index (χ2n) is 6.99. The number of hydrogen-bond donors (Lipinski definition) is 1. The molecule has 0 aromatic rings. The molecule has 2 aliphatic rings. The number of alkyl halides is 3. The Labute approximate surface area is 163 Å². The zero-order chi connectivity index (χ0) is 18.9. The maximum atomic E-state index is 12.2. The van der Waals surface area contributed by atoms with Gasteiger partial charge in [0.25, 0.3) is 0 Å². The van der Waals surface area contributed by atoms with Crippen LogP contribution in [0.1, 0.15) is 33.6 Å². The van der Waals surface area contributed by atoms with Gasteiger partial charge in [-0.05, 0) is 33.6 Å². The third kappa shape index (κ3) is 5.51. The van der Waals surface area contributed by atoms with E-state index >= 15 is 0 Å². The van der Waals surface area contributed by atoms with Gasteiger partial charge in [0.1, 0.15) is 6.61 Å². The molecule has 25 heavy (non-hydrogen) atoms. The summed E-state index contributed by atoms with van der Waals surface area (Å²) >= 11 is 16.9. The van der Waals surface area contributed by atoms with Crippen molar-refractivity contribution in [1.82, 2.24) is 5.32 Å². The molecule has 0 unspecified atom stereocenters. The van der Waals surface area contributed by atoms with E-state index in [1.54, 1.807) is 6.08 Å². The van der Waals surface area contributed by atoms with Crippen molar-refractivity contribution in [2.75, 3.05) is 13.2 Å². The molecule has 2 rings (SSSR count). The van der Waals surface area contributed by atoms with Crippen molar-refractivity contribution in [2.45, 2.75) is 54.8 Å². The Hall–Kier alpha value is -0.460. The van der Waals surface area contributed by atoms with E-state index in [0.717, 1.165) is 6.42 Å². The monoisotopic (exact) mass is 411 g/mol. The predicted molar refractivity (Wildman–Crippen MR) is 99.1 cm³/mol. The molecule has 1 heterocycles. The average molecular weight is 413 g/mol. The summed E-state index contributed by atoms with van der Waals surface area (Å²) in [6, 6.07) is 0. The number of ether oxygens (including phenoxy) is 3. The normalized spacial score (nSPS) is 32.0. The number of alkyl carbamates (subject to hydrolysis) is 1. The molecule has 0 bridgehead atoms. The quantitative estimate of drug-likeness (QED) is 0.545. The second-order valence-corrected chi connectivity index (χ2v) is 9.51. The highest BCUT2D eigenvalue weighted by molar-refractivity contribution is 6.67. The number of rotatable bonds is 4. The number of carbonyl (C=O) groups is 1. The summed E-state index contributed by atoms with van der Waals surface area (Å²) < 4.78 is 15.1. The minimum Gasteiger partial charge on any atom is -0.445 e. The Morgan fingerprint density at radius 2 is 2.20 bits per heavy atom. The third-order valence-corrected chi connectivity index (χ3v) is 4.86. The van der Waals surface area contributed by atoms with Crippen LogP contribution in [0.2, 0.25) is 0 Å². The number of allylic oxidation sites excluding steroid dienone is 1. The van der Waals surface area contributed by atoms with E-state index in [9.17, 15) is 4.79 Å². The SMILES string of the molecule is C=C[C@]1(NC(=O)OCC(Cl)(Cl)Cl)CC=C(C)C[C@@H]1[C@H]1COC(C)(C)O1. The van der Waals surface area contributed by atoms with Crippen LogP contribution in [-0.4, -0.2) is 40.5 Å². The Bertz CT molecular complexity index is 559. The van der Waals surface area contributed by atoms with Crippen LogP contribution < -0.4 is 5.32 Å². The van der Waals surface area contributed by atoms with E-state index in [0.29, 0.717) is 13.0 Å². The summed E-state index contributed by atoms with van der Waals surface area (Å²) in [5, 5.41) is 2.89. The van der Waals surface area contributed by atoms with Crippen molar-refractivity contribution in [3.05, 3.63) is 24.3 Å². The Morgan fingerprint density at radius 1 is 1.52 bits per heavy atom. The van der Waals surface area contributed by atoms with Crippen LogP contribution >= 0.6 is 34.8 Å². The standard InChI is InChI=1S/C17H24Cl3NO4/c1-5-16(21-14(22)23-10-17(18,19)20)7-6-11(2)8-12(16)13-9-24-15(3,4)25-13/h5-6,12-13H,1,7-10H2,2-4H3,(H,21,22)/t12-,13-,16+/m1/s1. The molecule has 0 aromatic carbocycles.